The third-order valence-corrected chi connectivity index (χ3v) is 4.89. The minimum absolute atomic E-state index is 0.377. The van der Waals surface area contributed by atoms with Crippen LogP contribution in [0, 0.1) is 0 Å². The summed E-state index contributed by atoms with van der Waals surface area (Å²) < 4.78 is 1.91. The van der Waals surface area contributed by atoms with Crippen molar-refractivity contribution < 1.29 is 0 Å². The molecule has 0 saturated heterocycles. The average molecular weight is 347 g/mol. The van der Waals surface area contributed by atoms with Gasteiger partial charge in [0.15, 0.2) is 0 Å². The first-order valence-corrected chi connectivity index (χ1v) is 9.25. The van der Waals surface area contributed by atoms with Gasteiger partial charge in [-0.1, -0.05) is 44.2 Å². The van der Waals surface area contributed by atoms with Crippen molar-refractivity contribution in [1.29, 1.82) is 0 Å². The molecule has 0 N–H and O–H groups in total. The molecule has 5 nitrogen and oxygen atoms in total. The summed E-state index contributed by atoms with van der Waals surface area (Å²) in [5, 5.41) is 4.69. The summed E-state index contributed by atoms with van der Waals surface area (Å²) in [5.41, 5.74) is 5.98. The summed E-state index contributed by atoms with van der Waals surface area (Å²) in [4.78, 5) is 11.8. The maximum atomic E-state index is 4.77. The van der Waals surface area contributed by atoms with Crippen LogP contribution in [0.1, 0.15) is 42.4 Å². The van der Waals surface area contributed by atoms with Crippen molar-refractivity contribution >= 4 is 0 Å². The Hall–Kier alpha value is -2.53. The molecule has 134 valence electrons. The van der Waals surface area contributed by atoms with Crippen molar-refractivity contribution in [2.75, 3.05) is 6.54 Å². The van der Waals surface area contributed by atoms with E-state index >= 15 is 0 Å². The van der Waals surface area contributed by atoms with Crippen molar-refractivity contribution in [3.05, 3.63) is 65.4 Å². The first kappa shape index (κ1) is 16.9. The van der Waals surface area contributed by atoms with Crippen LogP contribution in [0.15, 0.2) is 42.7 Å². The van der Waals surface area contributed by atoms with Gasteiger partial charge in [-0.3, -0.25) is 9.58 Å². The van der Waals surface area contributed by atoms with Gasteiger partial charge in [-0.2, -0.15) is 5.10 Å². The zero-order valence-electron chi connectivity index (χ0n) is 15.7. The normalized spacial score (nSPS) is 14.6. The van der Waals surface area contributed by atoms with E-state index in [1.54, 1.807) is 0 Å². The lowest BCUT2D eigenvalue weighted by Gasteiger charge is -2.28. The van der Waals surface area contributed by atoms with E-state index in [0.717, 1.165) is 37.6 Å². The molecule has 1 aliphatic heterocycles. The fourth-order valence-corrected chi connectivity index (χ4v) is 3.54. The lowest BCUT2D eigenvalue weighted by atomic mass is 10.0. The fraction of sp³-hybridized carbons (Fsp3) is 0.381. The molecule has 0 unspecified atom stereocenters. The lowest BCUT2D eigenvalue weighted by molar-refractivity contribution is 0.242. The Morgan fingerprint density at radius 2 is 1.96 bits per heavy atom. The molecule has 0 radical (unpaired) electrons. The molecule has 0 atom stereocenters. The summed E-state index contributed by atoms with van der Waals surface area (Å²) in [6.45, 7) is 7.10. The fourth-order valence-electron chi connectivity index (χ4n) is 3.54. The van der Waals surface area contributed by atoms with Gasteiger partial charge in [-0.15, -0.1) is 0 Å². The Labute approximate surface area is 154 Å². The Morgan fingerprint density at radius 3 is 2.73 bits per heavy atom. The maximum absolute atomic E-state index is 4.77. The highest BCUT2D eigenvalue weighted by atomic mass is 15.3. The average Bonchev–Trinajstić information content (AvgIpc) is 3.02. The van der Waals surface area contributed by atoms with Crippen LogP contribution in [0.3, 0.4) is 0 Å². The van der Waals surface area contributed by atoms with Crippen molar-refractivity contribution in [2.24, 2.45) is 7.05 Å². The Bertz CT molecular complexity index is 898. The highest BCUT2D eigenvalue weighted by Gasteiger charge is 2.21. The summed E-state index contributed by atoms with van der Waals surface area (Å²) in [6.07, 6.45) is 5.14. The molecule has 1 aliphatic rings. The van der Waals surface area contributed by atoms with Gasteiger partial charge in [0.2, 0.25) is 0 Å². The summed E-state index contributed by atoms with van der Waals surface area (Å²) in [7, 11) is 1.99. The molecule has 2 aromatic heterocycles. The van der Waals surface area contributed by atoms with E-state index in [2.05, 4.69) is 59.3 Å². The molecule has 5 heteroatoms. The SMILES string of the molecule is CC(C)c1ncc2c(n1)CCN(Cc1cn(C)nc1-c1ccccc1)C2. The van der Waals surface area contributed by atoms with E-state index in [0.29, 0.717) is 5.92 Å². The molecule has 3 aromatic rings. The molecule has 0 amide bonds. The first-order valence-electron chi connectivity index (χ1n) is 9.25. The second-order valence-electron chi connectivity index (χ2n) is 7.36. The van der Waals surface area contributed by atoms with Gasteiger partial charge >= 0.3 is 0 Å². The van der Waals surface area contributed by atoms with Crippen molar-refractivity contribution in [3.8, 4) is 11.3 Å². The first-order chi connectivity index (χ1) is 12.6. The smallest absolute Gasteiger partial charge is 0.131 e. The number of aryl methyl sites for hydroxylation is 1. The summed E-state index contributed by atoms with van der Waals surface area (Å²) in [5.74, 6) is 1.33. The predicted molar refractivity (Wildman–Crippen MR) is 103 cm³/mol. The molecule has 0 bridgehead atoms. The van der Waals surface area contributed by atoms with Gasteiger partial charge in [0.1, 0.15) is 5.82 Å². The van der Waals surface area contributed by atoms with Crippen LogP contribution in [0.25, 0.3) is 11.3 Å². The number of hydrogen-bond donors (Lipinski definition) is 0. The highest BCUT2D eigenvalue weighted by molar-refractivity contribution is 5.62. The molecular formula is C21H25N5. The van der Waals surface area contributed by atoms with Gasteiger partial charge in [-0.05, 0) is 0 Å². The molecule has 1 aromatic carbocycles. The standard InChI is InChI=1S/C21H25N5/c1-15(2)21-22-11-17-13-26(10-9-19(17)23-21)14-18-12-25(3)24-20(18)16-7-5-4-6-8-16/h4-8,11-12,15H,9-10,13-14H2,1-3H3. The van der Waals surface area contributed by atoms with Crippen LogP contribution in [0.2, 0.25) is 0 Å². The second kappa shape index (κ2) is 7.00. The number of rotatable bonds is 4. The van der Waals surface area contributed by atoms with Gasteiger partial charge < -0.3 is 0 Å². The van der Waals surface area contributed by atoms with Gasteiger partial charge in [-0.25, -0.2) is 9.97 Å². The maximum Gasteiger partial charge on any atom is 0.131 e. The Balaban J connectivity index is 1.55. The number of fused-ring (bicyclic) bond motifs is 1. The quantitative estimate of drug-likeness (QED) is 0.724. The largest absolute Gasteiger partial charge is 0.294 e. The Kier molecular flexibility index (Phi) is 4.55. The predicted octanol–water partition coefficient (Wildman–Crippen LogP) is 3.56. The Morgan fingerprint density at radius 1 is 1.15 bits per heavy atom. The van der Waals surface area contributed by atoms with Crippen LogP contribution in [-0.4, -0.2) is 31.2 Å². The van der Waals surface area contributed by atoms with Crippen LogP contribution in [-0.2, 0) is 26.6 Å². The summed E-state index contributed by atoms with van der Waals surface area (Å²) in [6, 6.07) is 10.4. The van der Waals surface area contributed by atoms with Crippen LogP contribution >= 0.6 is 0 Å². The third kappa shape index (κ3) is 3.40. The molecule has 3 heterocycles. The number of hydrogen-bond acceptors (Lipinski definition) is 4. The lowest BCUT2D eigenvalue weighted by Crippen LogP contribution is -2.31. The molecule has 0 spiro atoms. The van der Waals surface area contributed by atoms with E-state index in [1.165, 1.54) is 22.4 Å². The molecule has 4 rings (SSSR count). The van der Waals surface area contributed by atoms with Gasteiger partial charge in [0.25, 0.3) is 0 Å². The van der Waals surface area contributed by atoms with Crippen molar-refractivity contribution in [2.45, 2.75) is 39.3 Å². The third-order valence-electron chi connectivity index (χ3n) is 4.89. The minimum Gasteiger partial charge on any atom is -0.294 e. The topological polar surface area (TPSA) is 46.8 Å². The number of nitrogens with zero attached hydrogens (tertiary/aromatic N) is 5. The zero-order chi connectivity index (χ0) is 18.1. The number of benzene rings is 1. The summed E-state index contributed by atoms with van der Waals surface area (Å²) >= 11 is 0. The molecule has 0 fully saturated rings. The van der Waals surface area contributed by atoms with E-state index in [-0.39, 0.29) is 0 Å². The van der Waals surface area contributed by atoms with Crippen molar-refractivity contribution in [1.82, 2.24) is 24.6 Å². The zero-order valence-corrected chi connectivity index (χ0v) is 15.7. The molecule has 0 saturated carbocycles. The van der Waals surface area contributed by atoms with E-state index < -0.39 is 0 Å². The second-order valence-corrected chi connectivity index (χ2v) is 7.36. The van der Waals surface area contributed by atoms with Gasteiger partial charge in [0.05, 0.1) is 5.69 Å². The highest BCUT2D eigenvalue weighted by Crippen LogP contribution is 2.25. The number of aromatic nitrogens is 4. The monoisotopic (exact) mass is 347 g/mol. The van der Waals surface area contributed by atoms with Crippen molar-refractivity contribution in [3.63, 3.8) is 0 Å². The van der Waals surface area contributed by atoms with Gasteiger partial charge in [0, 0.05) is 73.8 Å². The molecular weight excluding hydrogens is 322 g/mol. The molecule has 26 heavy (non-hydrogen) atoms. The van der Waals surface area contributed by atoms with E-state index in [9.17, 15) is 0 Å². The van der Waals surface area contributed by atoms with Crippen LogP contribution in [0.5, 0.6) is 0 Å². The van der Waals surface area contributed by atoms with E-state index in [4.69, 9.17) is 4.98 Å². The van der Waals surface area contributed by atoms with Crippen LogP contribution in [0.4, 0.5) is 0 Å². The van der Waals surface area contributed by atoms with E-state index in [1.807, 2.05) is 24.0 Å². The minimum atomic E-state index is 0.377. The van der Waals surface area contributed by atoms with Crippen LogP contribution < -0.4 is 0 Å². The molecule has 0 aliphatic carbocycles.